The van der Waals surface area contributed by atoms with Crippen LogP contribution in [0.5, 0.6) is 0 Å². The van der Waals surface area contributed by atoms with Crippen LogP contribution >= 0.6 is 11.8 Å². The van der Waals surface area contributed by atoms with Gasteiger partial charge in [-0.3, -0.25) is 0 Å². The minimum Gasteiger partial charge on any atom is -0.370 e. The third-order valence-corrected chi connectivity index (χ3v) is 4.02. The molecule has 0 radical (unpaired) electrons. The van der Waals surface area contributed by atoms with Crippen LogP contribution in [0.2, 0.25) is 0 Å². The molecule has 0 unspecified atom stereocenters. The van der Waals surface area contributed by atoms with Gasteiger partial charge in [0.25, 0.3) is 0 Å². The molecule has 0 amide bonds. The second kappa shape index (κ2) is 5.97. The van der Waals surface area contributed by atoms with Crippen LogP contribution in [0.4, 0.5) is 5.82 Å². The van der Waals surface area contributed by atoms with E-state index in [0.717, 1.165) is 41.2 Å². The van der Waals surface area contributed by atoms with Crippen molar-refractivity contribution >= 4 is 17.6 Å². The summed E-state index contributed by atoms with van der Waals surface area (Å²) >= 11 is 1.50. The summed E-state index contributed by atoms with van der Waals surface area (Å²) in [4.78, 5) is 9.14. The lowest BCUT2D eigenvalue weighted by Gasteiger charge is -2.10. The van der Waals surface area contributed by atoms with Gasteiger partial charge in [0, 0.05) is 18.5 Å². The van der Waals surface area contributed by atoms with E-state index in [9.17, 15) is 0 Å². The Kier molecular flexibility index (Phi) is 4.05. The summed E-state index contributed by atoms with van der Waals surface area (Å²) in [6.45, 7) is 7.07. The molecule has 2 aromatic heterocycles. The SMILES string of the molecule is CCNc1cc(Sc2nnnn2C2CC2)nc(C(C)C)n1. The lowest BCUT2D eigenvalue weighted by molar-refractivity contribution is 0.565. The van der Waals surface area contributed by atoms with Crippen LogP contribution in [-0.2, 0) is 0 Å². The van der Waals surface area contributed by atoms with Crippen LogP contribution in [0.15, 0.2) is 16.2 Å². The number of hydrogen-bond acceptors (Lipinski definition) is 7. The fourth-order valence-corrected chi connectivity index (χ4v) is 2.77. The molecule has 1 aliphatic rings. The Morgan fingerprint density at radius 1 is 1.38 bits per heavy atom. The Morgan fingerprint density at radius 3 is 2.86 bits per heavy atom. The van der Waals surface area contributed by atoms with Crippen LogP contribution in [0, 0.1) is 0 Å². The van der Waals surface area contributed by atoms with E-state index in [1.165, 1.54) is 11.8 Å². The molecule has 1 fully saturated rings. The smallest absolute Gasteiger partial charge is 0.215 e. The summed E-state index contributed by atoms with van der Waals surface area (Å²) in [5.74, 6) is 1.97. The molecule has 1 saturated carbocycles. The summed E-state index contributed by atoms with van der Waals surface area (Å²) in [7, 11) is 0. The van der Waals surface area contributed by atoms with Crippen molar-refractivity contribution in [2.75, 3.05) is 11.9 Å². The van der Waals surface area contributed by atoms with Crippen molar-refractivity contribution in [1.29, 1.82) is 0 Å². The first-order valence-electron chi connectivity index (χ1n) is 7.26. The number of aromatic nitrogens is 6. The van der Waals surface area contributed by atoms with Gasteiger partial charge in [-0.05, 0) is 42.0 Å². The van der Waals surface area contributed by atoms with Gasteiger partial charge in [0.1, 0.15) is 16.7 Å². The predicted octanol–water partition coefficient (Wildman–Crippen LogP) is 2.50. The number of nitrogens with one attached hydrogen (secondary N) is 1. The first kappa shape index (κ1) is 14.2. The zero-order chi connectivity index (χ0) is 14.8. The van der Waals surface area contributed by atoms with Gasteiger partial charge < -0.3 is 5.32 Å². The van der Waals surface area contributed by atoms with E-state index in [4.69, 9.17) is 0 Å². The zero-order valence-electron chi connectivity index (χ0n) is 12.4. The maximum absolute atomic E-state index is 4.61. The number of nitrogens with zero attached hydrogens (tertiary/aromatic N) is 6. The summed E-state index contributed by atoms with van der Waals surface area (Å²) in [6.07, 6.45) is 2.31. The molecule has 7 nitrogen and oxygen atoms in total. The highest BCUT2D eigenvalue weighted by molar-refractivity contribution is 7.99. The third-order valence-electron chi connectivity index (χ3n) is 3.15. The van der Waals surface area contributed by atoms with E-state index in [1.807, 2.05) is 10.7 Å². The van der Waals surface area contributed by atoms with Crippen LogP contribution < -0.4 is 5.32 Å². The van der Waals surface area contributed by atoms with Crippen molar-refractivity contribution in [2.45, 2.75) is 55.8 Å². The summed E-state index contributed by atoms with van der Waals surface area (Å²) in [5, 5.41) is 16.9. The molecule has 0 bridgehead atoms. The van der Waals surface area contributed by atoms with Crippen molar-refractivity contribution in [1.82, 2.24) is 30.2 Å². The number of hydrogen-bond donors (Lipinski definition) is 1. The molecule has 0 aromatic carbocycles. The predicted molar refractivity (Wildman–Crippen MR) is 80.5 cm³/mol. The van der Waals surface area contributed by atoms with Crippen LogP contribution in [0.1, 0.15) is 51.4 Å². The molecule has 8 heteroatoms. The summed E-state index contributed by atoms with van der Waals surface area (Å²) in [6, 6.07) is 2.41. The second-order valence-corrected chi connectivity index (χ2v) is 6.36. The monoisotopic (exact) mass is 305 g/mol. The fraction of sp³-hybridized carbons (Fsp3) is 0.615. The maximum atomic E-state index is 4.61. The van der Waals surface area contributed by atoms with Gasteiger partial charge in [-0.25, -0.2) is 14.6 Å². The first-order chi connectivity index (χ1) is 10.2. The molecule has 1 aliphatic carbocycles. The summed E-state index contributed by atoms with van der Waals surface area (Å²) in [5.41, 5.74) is 0. The summed E-state index contributed by atoms with van der Waals surface area (Å²) < 4.78 is 1.90. The van der Waals surface area contributed by atoms with E-state index in [2.05, 4.69) is 51.6 Å². The quantitative estimate of drug-likeness (QED) is 0.821. The molecule has 1 N–H and O–H groups in total. The average Bonchev–Trinajstić information content (AvgIpc) is 3.19. The highest BCUT2D eigenvalue weighted by Crippen LogP contribution is 2.37. The molecule has 0 aliphatic heterocycles. The molecular formula is C13H19N7S. The van der Waals surface area contributed by atoms with Gasteiger partial charge in [-0.1, -0.05) is 13.8 Å². The molecular weight excluding hydrogens is 286 g/mol. The van der Waals surface area contributed by atoms with Crippen molar-refractivity contribution in [2.24, 2.45) is 0 Å². The Morgan fingerprint density at radius 2 is 2.19 bits per heavy atom. The Labute approximate surface area is 127 Å². The molecule has 112 valence electrons. The molecule has 0 spiro atoms. The Hall–Kier alpha value is -1.70. The van der Waals surface area contributed by atoms with Gasteiger partial charge in [0.05, 0.1) is 6.04 Å². The fourth-order valence-electron chi connectivity index (χ4n) is 1.92. The topological polar surface area (TPSA) is 81.4 Å². The standard InChI is InChI=1S/C13H19N7S/c1-4-14-10-7-11(16-12(15-10)8(2)3)21-13-17-18-19-20(13)9-5-6-9/h7-9H,4-6H2,1-3H3,(H,14,15,16). The second-order valence-electron chi connectivity index (χ2n) is 5.37. The Balaban J connectivity index is 1.87. The van der Waals surface area contributed by atoms with Gasteiger partial charge in [0.2, 0.25) is 5.16 Å². The van der Waals surface area contributed by atoms with Crippen LogP contribution in [0.3, 0.4) is 0 Å². The number of rotatable bonds is 6. The van der Waals surface area contributed by atoms with Crippen molar-refractivity contribution < 1.29 is 0 Å². The minimum absolute atomic E-state index is 0.280. The molecule has 0 saturated heterocycles. The van der Waals surface area contributed by atoms with Crippen LogP contribution in [0.25, 0.3) is 0 Å². The highest BCUT2D eigenvalue weighted by Gasteiger charge is 2.28. The van der Waals surface area contributed by atoms with Gasteiger partial charge in [-0.15, -0.1) is 5.10 Å². The average molecular weight is 305 g/mol. The third kappa shape index (κ3) is 3.31. The van der Waals surface area contributed by atoms with Gasteiger partial charge in [0.15, 0.2) is 0 Å². The molecule has 3 rings (SSSR count). The van der Waals surface area contributed by atoms with Crippen LogP contribution in [-0.4, -0.2) is 36.7 Å². The van der Waals surface area contributed by atoms with E-state index in [1.54, 1.807) is 0 Å². The zero-order valence-corrected chi connectivity index (χ0v) is 13.3. The van der Waals surface area contributed by atoms with Gasteiger partial charge >= 0.3 is 0 Å². The molecule has 21 heavy (non-hydrogen) atoms. The van der Waals surface area contributed by atoms with Crippen molar-refractivity contribution in [3.63, 3.8) is 0 Å². The molecule has 2 heterocycles. The van der Waals surface area contributed by atoms with Gasteiger partial charge in [-0.2, -0.15) is 0 Å². The van der Waals surface area contributed by atoms with E-state index in [0.29, 0.717) is 6.04 Å². The van der Waals surface area contributed by atoms with Crippen molar-refractivity contribution in [3.05, 3.63) is 11.9 Å². The van der Waals surface area contributed by atoms with Crippen molar-refractivity contribution in [3.8, 4) is 0 Å². The van der Waals surface area contributed by atoms with E-state index in [-0.39, 0.29) is 5.92 Å². The first-order valence-corrected chi connectivity index (χ1v) is 8.07. The largest absolute Gasteiger partial charge is 0.370 e. The maximum Gasteiger partial charge on any atom is 0.215 e. The lowest BCUT2D eigenvalue weighted by atomic mass is 10.2. The molecule has 0 atom stereocenters. The number of tetrazole rings is 1. The van der Waals surface area contributed by atoms with E-state index >= 15 is 0 Å². The lowest BCUT2D eigenvalue weighted by Crippen LogP contribution is -2.06. The Bertz CT molecular complexity index is 621. The number of anilines is 1. The van der Waals surface area contributed by atoms with E-state index < -0.39 is 0 Å². The highest BCUT2D eigenvalue weighted by atomic mass is 32.2. The molecule has 2 aromatic rings. The minimum atomic E-state index is 0.280. The normalized spacial score (nSPS) is 14.7.